The summed E-state index contributed by atoms with van der Waals surface area (Å²) in [6.07, 6.45) is 5.46. The molecule has 108 valence electrons. The lowest BCUT2D eigenvalue weighted by atomic mass is 10.3. The van der Waals surface area contributed by atoms with Crippen LogP contribution >= 0.6 is 0 Å². The molecule has 6 nitrogen and oxygen atoms in total. The molecule has 2 amide bonds. The summed E-state index contributed by atoms with van der Waals surface area (Å²) in [7, 11) is 0. The van der Waals surface area contributed by atoms with Gasteiger partial charge in [-0.05, 0) is 31.9 Å². The lowest BCUT2D eigenvalue weighted by molar-refractivity contribution is -0.143. The molecule has 0 aliphatic heterocycles. The molecule has 20 heavy (non-hydrogen) atoms. The van der Waals surface area contributed by atoms with Crippen LogP contribution in [-0.4, -0.2) is 41.1 Å². The minimum absolute atomic E-state index is 0.178. The van der Waals surface area contributed by atoms with E-state index in [2.05, 4.69) is 10.3 Å². The summed E-state index contributed by atoms with van der Waals surface area (Å²) < 4.78 is 4.88. The minimum Gasteiger partial charge on any atom is -0.466 e. The molecule has 1 saturated carbocycles. The van der Waals surface area contributed by atoms with Crippen LogP contribution in [0.1, 0.15) is 26.2 Å². The third kappa shape index (κ3) is 4.22. The first kappa shape index (κ1) is 14.3. The van der Waals surface area contributed by atoms with E-state index in [0.29, 0.717) is 18.8 Å². The summed E-state index contributed by atoms with van der Waals surface area (Å²) in [5.74, 6) is -0.269. The minimum atomic E-state index is -0.269. The number of nitrogens with zero attached hydrogens (tertiary/aromatic N) is 2. The molecule has 1 heterocycles. The second-order valence-corrected chi connectivity index (χ2v) is 4.65. The normalized spacial score (nSPS) is 13.7. The van der Waals surface area contributed by atoms with Gasteiger partial charge in [-0.2, -0.15) is 0 Å². The van der Waals surface area contributed by atoms with Gasteiger partial charge in [0.2, 0.25) is 0 Å². The van der Waals surface area contributed by atoms with E-state index in [4.69, 9.17) is 4.74 Å². The van der Waals surface area contributed by atoms with Crippen molar-refractivity contribution < 1.29 is 14.3 Å². The van der Waals surface area contributed by atoms with Gasteiger partial charge >= 0.3 is 12.0 Å². The molecule has 0 bridgehead atoms. The van der Waals surface area contributed by atoms with E-state index in [1.54, 1.807) is 36.4 Å². The molecule has 1 N–H and O–H groups in total. The maximum absolute atomic E-state index is 12.2. The highest BCUT2D eigenvalue weighted by Gasteiger charge is 2.32. The van der Waals surface area contributed by atoms with E-state index in [1.807, 2.05) is 0 Å². The average Bonchev–Trinajstić information content (AvgIpc) is 3.25. The predicted octanol–water partition coefficient (Wildman–Crippen LogP) is 2.03. The summed E-state index contributed by atoms with van der Waals surface area (Å²) in [6, 6.07) is 3.53. The van der Waals surface area contributed by atoms with Gasteiger partial charge in [0.25, 0.3) is 0 Å². The molecule has 0 saturated heterocycles. The number of anilines is 1. The molecule has 1 aromatic heterocycles. The van der Waals surface area contributed by atoms with E-state index in [1.165, 1.54) is 0 Å². The van der Waals surface area contributed by atoms with Gasteiger partial charge in [0.05, 0.1) is 13.0 Å². The van der Waals surface area contributed by atoms with Crippen LogP contribution in [0.2, 0.25) is 0 Å². The van der Waals surface area contributed by atoms with Crippen molar-refractivity contribution in [3.05, 3.63) is 24.5 Å². The van der Waals surface area contributed by atoms with Crippen molar-refractivity contribution in [1.82, 2.24) is 9.88 Å². The zero-order valence-electron chi connectivity index (χ0n) is 11.5. The Morgan fingerprint density at radius 3 is 2.70 bits per heavy atom. The monoisotopic (exact) mass is 277 g/mol. The molecule has 0 unspecified atom stereocenters. The third-order valence-electron chi connectivity index (χ3n) is 3.04. The van der Waals surface area contributed by atoms with Gasteiger partial charge in [-0.1, -0.05) is 0 Å². The summed E-state index contributed by atoms with van der Waals surface area (Å²) in [5.41, 5.74) is 0.701. The topological polar surface area (TPSA) is 71.5 Å². The van der Waals surface area contributed by atoms with Crippen LogP contribution in [0.4, 0.5) is 10.5 Å². The number of nitrogens with one attached hydrogen (secondary N) is 1. The fourth-order valence-electron chi connectivity index (χ4n) is 1.91. The first-order valence-electron chi connectivity index (χ1n) is 6.84. The average molecular weight is 277 g/mol. The fraction of sp³-hybridized carbons (Fsp3) is 0.500. The number of hydrogen-bond acceptors (Lipinski definition) is 4. The van der Waals surface area contributed by atoms with Crippen molar-refractivity contribution >= 4 is 17.7 Å². The number of aromatic nitrogens is 1. The molecule has 0 atom stereocenters. The van der Waals surface area contributed by atoms with Crippen LogP contribution in [-0.2, 0) is 9.53 Å². The molecule has 1 aliphatic rings. The number of carbonyl (C=O) groups excluding carboxylic acids is 2. The summed E-state index contributed by atoms with van der Waals surface area (Å²) in [6.45, 7) is 2.53. The third-order valence-corrected chi connectivity index (χ3v) is 3.04. The smallest absolute Gasteiger partial charge is 0.322 e. The second-order valence-electron chi connectivity index (χ2n) is 4.65. The van der Waals surface area contributed by atoms with Crippen molar-refractivity contribution in [1.29, 1.82) is 0 Å². The highest BCUT2D eigenvalue weighted by molar-refractivity contribution is 5.89. The molecule has 0 radical (unpaired) electrons. The van der Waals surface area contributed by atoms with E-state index < -0.39 is 0 Å². The number of hydrogen-bond donors (Lipinski definition) is 1. The number of pyridine rings is 1. The Morgan fingerprint density at radius 2 is 2.10 bits per heavy atom. The number of urea groups is 1. The van der Waals surface area contributed by atoms with Crippen molar-refractivity contribution in [2.45, 2.75) is 32.2 Å². The first-order chi connectivity index (χ1) is 9.70. The Bertz CT molecular complexity index is 460. The second kappa shape index (κ2) is 6.88. The van der Waals surface area contributed by atoms with Crippen LogP contribution in [0.25, 0.3) is 0 Å². The maximum Gasteiger partial charge on any atom is 0.322 e. The molecule has 0 spiro atoms. The van der Waals surface area contributed by atoms with Gasteiger partial charge in [-0.15, -0.1) is 0 Å². The van der Waals surface area contributed by atoms with Crippen molar-refractivity contribution in [2.24, 2.45) is 0 Å². The van der Waals surface area contributed by atoms with Gasteiger partial charge < -0.3 is 15.0 Å². The van der Waals surface area contributed by atoms with Gasteiger partial charge in [0.1, 0.15) is 0 Å². The summed E-state index contributed by atoms with van der Waals surface area (Å²) in [4.78, 5) is 29.2. The zero-order chi connectivity index (χ0) is 14.4. The Balaban J connectivity index is 1.88. The molecular weight excluding hydrogens is 258 g/mol. The highest BCUT2D eigenvalue weighted by Crippen LogP contribution is 2.27. The number of amides is 2. The molecule has 1 aliphatic carbocycles. The van der Waals surface area contributed by atoms with Crippen molar-refractivity contribution in [2.75, 3.05) is 18.5 Å². The summed E-state index contributed by atoms with van der Waals surface area (Å²) in [5, 5.41) is 2.81. The molecule has 6 heteroatoms. The lowest BCUT2D eigenvalue weighted by Crippen LogP contribution is -2.38. The van der Waals surface area contributed by atoms with E-state index in [0.717, 1.165) is 12.8 Å². The van der Waals surface area contributed by atoms with Gasteiger partial charge in [0.15, 0.2) is 0 Å². The molecule has 2 rings (SSSR count). The Kier molecular flexibility index (Phi) is 4.92. The largest absolute Gasteiger partial charge is 0.466 e. The van der Waals surface area contributed by atoms with Crippen LogP contribution in [0.5, 0.6) is 0 Å². The van der Waals surface area contributed by atoms with Gasteiger partial charge in [0, 0.05) is 30.7 Å². The standard InChI is InChI=1S/C14H19N3O3/c1-2-20-13(18)7-10-17(12-3-4-12)14(19)16-11-5-8-15-9-6-11/h5-6,8-9,12H,2-4,7,10H2,1H3,(H,15,16,19). The number of ether oxygens (including phenoxy) is 1. The zero-order valence-corrected chi connectivity index (χ0v) is 11.5. The fourth-order valence-corrected chi connectivity index (χ4v) is 1.91. The van der Waals surface area contributed by atoms with Crippen LogP contribution in [0, 0.1) is 0 Å². The number of esters is 1. The Morgan fingerprint density at radius 1 is 1.40 bits per heavy atom. The molecular formula is C14H19N3O3. The number of rotatable bonds is 6. The quantitative estimate of drug-likeness (QED) is 0.808. The maximum atomic E-state index is 12.2. The lowest BCUT2D eigenvalue weighted by Gasteiger charge is -2.22. The van der Waals surface area contributed by atoms with Crippen LogP contribution in [0.3, 0.4) is 0 Å². The molecule has 0 aromatic carbocycles. The van der Waals surface area contributed by atoms with Crippen LogP contribution < -0.4 is 5.32 Å². The molecule has 1 fully saturated rings. The Labute approximate surface area is 118 Å². The number of carbonyl (C=O) groups is 2. The van der Waals surface area contributed by atoms with Gasteiger partial charge in [-0.3, -0.25) is 9.78 Å². The van der Waals surface area contributed by atoms with E-state index in [9.17, 15) is 9.59 Å². The molecule has 1 aromatic rings. The first-order valence-corrected chi connectivity index (χ1v) is 6.84. The van der Waals surface area contributed by atoms with Crippen LogP contribution in [0.15, 0.2) is 24.5 Å². The highest BCUT2D eigenvalue weighted by atomic mass is 16.5. The SMILES string of the molecule is CCOC(=O)CCN(C(=O)Nc1ccncc1)C1CC1. The van der Waals surface area contributed by atoms with Crippen molar-refractivity contribution in [3.8, 4) is 0 Å². The summed E-state index contributed by atoms with van der Waals surface area (Å²) >= 11 is 0. The van der Waals surface area contributed by atoms with Gasteiger partial charge in [-0.25, -0.2) is 4.79 Å². The van der Waals surface area contributed by atoms with E-state index in [-0.39, 0.29) is 24.5 Å². The Hall–Kier alpha value is -2.11. The van der Waals surface area contributed by atoms with Crippen molar-refractivity contribution in [3.63, 3.8) is 0 Å². The predicted molar refractivity (Wildman–Crippen MR) is 74.2 cm³/mol. The van der Waals surface area contributed by atoms with E-state index >= 15 is 0 Å².